The van der Waals surface area contributed by atoms with Crippen LogP contribution in [0.1, 0.15) is 30.7 Å². The van der Waals surface area contributed by atoms with E-state index in [0.717, 1.165) is 24.2 Å². The standard InChI is InChI=1S/C12H17Br2NOS/c1-2-15-11(8-4-3-5-16-7-8)10-6-9(13)12(14)17-10/h6,8,11,15H,2-5,7H2,1H3. The van der Waals surface area contributed by atoms with Gasteiger partial charge in [-0.3, -0.25) is 0 Å². The van der Waals surface area contributed by atoms with Crippen LogP contribution in [0.2, 0.25) is 0 Å². The van der Waals surface area contributed by atoms with Crippen molar-refractivity contribution in [3.8, 4) is 0 Å². The first-order chi connectivity index (χ1) is 8.22. The molecule has 1 aromatic rings. The fourth-order valence-corrected chi connectivity index (χ4v) is 4.52. The van der Waals surface area contributed by atoms with Crippen LogP contribution in [0.3, 0.4) is 0 Å². The first-order valence-corrected chi connectivity index (χ1v) is 8.38. The van der Waals surface area contributed by atoms with Crippen molar-refractivity contribution in [2.45, 2.75) is 25.8 Å². The molecule has 5 heteroatoms. The van der Waals surface area contributed by atoms with Crippen LogP contribution in [0.15, 0.2) is 14.3 Å². The number of nitrogens with one attached hydrogen (secondary N) is 1. The second-order valence-corrected chi connectivity index (χ2v) is 7.54. The van der Waals surface area contributed by atoms with E-state index in [0.29, 0.717) is 12.0 Å². The summed E-state index contributed by atoms with van der Waals surface area (Å²) in [4.78, 5) is 1.39. The molecule has 0 aliphatic carbocycles. The molecule has 2 atom stereocenters. The zero-order valence-corrected chi connectivity index (χ0v) is 13.8. The van der Waals surface area contributed by atoms with Gasteiger partial charge in [0, 0.05) is 27.9 Å². The third-order valence-corrected chi connectivity index (χ3v) is 6.40. The molecular formula is C12H17Br2NOS. The number of hydrogen-bond acceptors (Lipinski definition) is 3. The highest BCUT2D eigenvalue weighted by Crippen LogP contribution is 2.39. The minimum Gasteiger partial charge on any atom is -0.381 e. The molecule has 1 aliphatic heterocycles. The topological polar surface area (TPSA) is 21.3 Å². The maximum Gasteiger partial charge on any atom is 0.0843 e. The van der Waals surface area contributed by atoms with Gasteiger partial charge in [0.25, 0.3) is 0 Å². The molecule has 0 radical (unpaired) electrons. The lowest BCUT2D eigenvalue weighted by atomic mass is 9.92. The van der Waals surface area contributed by atoms with Crippen LogP contribution in [0.4, 0.5) is 0 Å². The molecule has 0 bridgehead atoms. The van der Waals surface area contributed by atoms with Crippen molar-refractivity contribution < 1.29 is 4.74 Å². The van der Waals surface area contributed by atoms with Crippen LogP contribution in [0, 0.1) is 5.92 Å². The van der Waals surface area contributed by atoms with E-state index in [1.807, 2.05) is 11.3 Å². The Hall–Kier alpha value is 0.580. The Morgan fingerprint density at radius 2 is 2.41 bits per heavy atom. The number of hydrogen-bond donors (Lipinski definition) is 1. The Morgan fingerprint density at radius 1 is 1.59 bits per heavy atom. The summed E-state index contributed by atoms with van der Waals surface area (Å²) >= 11 is 8.94. The van der Waals surface area contributed by atoms with Crippen LogP contribution in [0.5, 0.6) is 0 Å². The van der Waals surface area contributed by atoms with Gasteiger partial charge in [0.2, 0.25) is 0 Å². The van der Waals surface area contributed by atoms with Crippen molar-refractivity contribution in [2.75, 3.05) is 19.8 Å². The third-order valence-electron chi connectivity index (χ3n) is 3.06. The molecule has 0 aromatic carbocycles. The molecule has 1 aromatic heterocycles. The molecule has 17 heavy (non-hydrogen) atoms. The fraction of sp³-hybridized carbons (Fsp3) is 0.667. The smallest absolute Gasteiger partial charge is 0.0843 e. The lowest BCUT2D eigenvalue weighted by molar-refractivity contribution is 0.0398. The van der Waals surface area contributed by atoms with Gasteiger partial charge < -0.3 is 10.1 Å². The molecule has 2 nitrogen and oxygen atoms in total. The summed E-state index contributed by atoms with van der Waals surface area (Å²) in [6.07, 6.45) is 2.44. The Bertz CT molecular complexity index is 344. The van der Waals surface area contributed by atoms with Gasteiger partial charge in [-0.15, -0.1) is 11.3 Å². The van der Waals surface area contributed by atoms with Crippen molar-refractivity contribution in [2.24, 2.45) is 5.92 Å². The van der Waals surface area contributed by atoms with E-state index in [2.05, 4.69) is 50.2 Å². The molecule has 1 N–H and O–H groups in total. The summed E-state index contributed by atoms with van der Waals surface area (Å²) in [6.45, 7) is 4.96. The van der Waals surface area contributed by atoms with Gasteiger partial charge in [-0.05, 0) is 57.3 Å². The highest BCUT2D eigenvalue weighted by Gasteiger charge is 2.26. The average molecular weight is 383 g/mol. The maximum absolute atomic E-state index is 5.61. The molecule has 2 rings (SSSR count). The molecule has 0 amide bonds. The van der Waals surface area contributed by atoms with E-state index in [-0.39, 0.29) is 0 Å². The van der Waals surface area contributed by atoms with E-state index >= 15 is 0 Å². The summed E-state index contributed by atoms with van der Waals surface area (Å²) < 4.78 is 7.93. The van der Waals surface area contributed by atoms with Crippen molar-refractivity contribution in [1.29, 1.82) is 0 Å². The van der Waals surface area contributed by atoms with Crippen molar-refractivity contribution in [3.05, 3.63) is 19.2 Å². The van der Waals surface area contributed by atoms with Gasteiger partial charge in [-0.25, -0.2) is 0 Å². The fourth-order valence-electron chi connectivity index (χ4n) is 2.26. The van der Waals surface area contributed by atoms with E-state index in [4.69, 9.17) is 4.74 Å². The molecule has 96 valence electrons. The molecule has 1 aliphatic rings. The van der Waals surface area contributed by atoms with Crippen LogP contribution in [-0.2, 0) is 4.74 Å². The van der Waals surface area contributed by atoms with Crippen molar-refractivity contribution >= 4 is 43.2 Å². The minimum atomic E-state index is 0.424. The van der Waals surface area contributed by atoms with Crippen LogP contribution in [-0.4, -0.2) is 19.8 Å². The van der Waals surface area contributed by atoms with Crippen LogP contribution in [0.25, 0.3) is 0 Å². The zero-order chi connectivity index (χ0) is 12.3. The van der Waals surface area contributed by atoms with E-state index < -0.39 is 0 Å². The Morgan fingerprint density at radius 3 is 2.94 bits per heavy atom. The second kappa shape index (κ2) is 6.66. The summed E-state index contributed by atoms with van der Waals surface area (Å²) in [6, 6.07) is 2.64. The number of rotatable bonds is 4. The molecule has 1 fully saturated rings. The highest BCUT2D eigenvalue weighted by atomic mass is 79.9. The van der Waals surface area contributed by atoms with Gasteiger partial charge >= 0.3 is 0 Å². The van der Waals surface area contributed by atoms with Crippen molar-refractivity contribution in [1.82, 2.24) is 5.32 Å². The maximum atomic E-state index is 5.61. The predicted molar refractivity (Wildman–Crippen MR) is 79.7 cm³/mol. The van der Waals surface area contributed by atoms with Gasteiger partial charge in [0.1, 0.15) is 0 Å². The van der Waals surface area contributed by atoms with Gasteiger partial charge in [-0.2, -0.15) is 0 Å². The molecule has 0 spiro atoms. The third kappa shape index (κ3) is 3.53. The lowest BCUT2D eigenvalue weighted by Crippen LogP contribution is -2.32. The average Bonchev–Trinajstić information content (AvgIpc) is 2.67. The molecule has 2 heterocycles. The summed E-state index contributed by atoms with van der Waals surface area (Å²) in [5, 5.41) is 3.60. The molecule has 2 unspecified atom stereocenters. The monoisotopic (exact) mass is 381 g/mol. The largest absolute Gasteiger partial charge is 0.381 e. The molecule has 1 saturated heterocycles. The number of thiophene rings is 1. The number of ether oxygens (including phenoxy) is 1. The van der Waals surface area contributed by atoms with Crippen LogP contribution >= 0.6 is 43.2 Å². The van der Waals surface area contributed by atoms with Gasteiger partial charge in [-0.1, -0.05) is 6.92 Å². The van der Waals surface area contributed by atoms with E-state index in [1.165, 1.54) is 21.5 Å². The van der Waals surface area contributed by atoms with E-state index in [9.17, 15) is 0 Å². The van der Waals surface area contributed by atoms with E-state index in [1.54, 1.807) is 0 Å². The Labute approximate surface area is 123 Å². The zero-order valence-electron chi connectivity index (χ0n) is 9.84. The normalized spacial score (nSPS) is 22.6. The first kappa shape index (κ1) is 14.0. The van der Waals surface area contributed by atoms with Crippen molar-refractivity contribution in [3.63, 3.8) is 0 Å². The predicted octanol–water partition coefficient (Wildman–Crippen LogP) is 4.35. The number of halogens is 2. The highest BCUT2D eigenvalue weighted by molar-refractivity contribution is 9.13. The van der Waals surface area contributed by atoms with Crippen LogP contribution < -0.4 is 5.32 Å². The minimum absolute atomic E-state index is 0.424. The summed E-state index contributed by atoms with van der Waals surface area (Å²) in [7, 11) is 0. The quantitative estimate of drug-likeness (QED) is 0.835. The second-order valence-electron chi connectivity index (χ2n) is 4.28. The molecule has 0 saturated carbocycles. The Kier molecular flexibility index (Phi) is 5.49. The van der Waals surface area contributed by atoms with Gasteiger partial charge in [0.05, 0.1) is 10.4 Å². The Balaban J connectivity index is 2.15. The van der Waals surface area contributed by atoms with Gasteiger partial charge in [0.15, 0.2) is 0 Å². The lowest BCUT2D eigenvalue weighted by Gasteiger charge is -2.30. The summed E-state index contributed by atoms with van der Waals surface area (Å²) in [5.74, 6) is 0.598. The molecular weight excluding hydrogens is 366 g/mol. The summed E-state index contributed by atoms with van der Waals surface area (Å²) in [5.41, 5.74) is 0. The first-order valence-electron chi connectivity index (χ1n) is 5.98. The SMILES string of the molecule is CCNC(c1cc(Br)c(Br)s1)C1CCCOC1.